The van der Waals surface area contributed by atoms with Crippen molar-refractivity contribution in [2.45, 2.75) is 25.0 Å². The Balaban J connectivity index is 1.48. The number of β-amino-alcohol motifs (C(OH)–C–C–N with tert-alkyl or cyclic N) is 1. The van der Waals surface area contributed by atoms with E-state index in [4.69, 9.17) is 4.74 Å². The van der Waals surface area contributed by atoms with Crippen LogP contribution >= 0.6 is 0 Å². The van der Waals surface area contributed by atoms with Crippen molar-refractivity contribution in [2.24, 2.45) is 7.05 Å². The smallest absolute Gasteiger partial charge is 0.163 e. The number of morpholine rings is 1. The first-order valence-corrected chi connectivity index (χ1v) is 8.12. The molecule has 1 aromatic heterocycles. The SMILES string of the molecule is Cn1cnnc1C1CN(CC(O)CCc2ccccc2)CCO1. The largest absolute Gasteiger partial charge is 0.392 e. The molecule has 1 fully saturated rings. The Hall–Kier alpha value is -1.76. The number of benzene rings is 1. The molecular formula is C17H24N4O2. The highest BCUT2D eigenvalue weighted by atomic mass is 16.5. The highest BCUT2D eigenvalue weighted by Crippen LogP contribution is 2.20. The Kier molecular flexibility index (Phi) is 5.38. The maximum Gasteiger partial charge on any atom is 0.163 e. The molecule has 0 spiro atoms. The Morgan fingerprint density at radius 3 is 2.91 bits per heavy atom. The lowest BCUT2D eigenvalue weighted by atomic mass is 10.1. The van der Waals surface area contributed by atoms with Crippen LogP contribution in [-0.4, -0.2) is 57.1 Å². The highest BCUT2D eigenvalue weighted by molar-refractivity contribution is 5.14. The van der Waals surface area contributed by atoms with Gasteiger partial charge in [-0.15, -0.1) is 10.2 Å². The Morgan fingerprint density at radius 1 is 1.35 bits per heavy atom. The predicted octanol–water partition coefficient (Wildman–Crippen LogP) is 1.18. The molecule has 0 bridgehead atoms. The molecule has 3 rings (SSSR count). The van der Waals surface area contributed by atoms with Crippen molar-refractivity contribution in [1.29, 1.82) is 0 Å². The summed E-state index contributed by atoms with van der Waals surface area (Å²) in [5.41, 5.74) is 1.27. The van der Waals surface area contributed by atoms with Crippen molar-refractivity contribution in [1.82, 2.24) is 19.7 Å². The minimum atomic E-state index is -0.326. The van der Waals surface area contributed by atoms with Crippen molar-refractivity contribution in [3.05, 3.63) is 48.0 Å². The maximum atomic E-state index is 10.3. The summed E-state index contributed by atoms with van der Waals surface area (Å²) in [7, 11) is 1.92. The average molecular weight is 316 g/mol. The van der Waals surface area contributed by atoms with E-state index >= 15 is 0 Å². The van der Waals surface area contributed by atoms with Crippen LogP contribution in [0.15, 0.2) is 36.7 Å². The van der Waals surface area contributed by atoms with E-state index in [2.05, 4.69) is 27.2 Å². The van der Waals surface area contributed by atoms with Gasteiger partial charge in [0.25, 0.3) is 0 Å². The Morgan fingerprint density at radius 2 is 2.17 bits per heavy atom. The number of aliphatic hydroxyl groups excluding tert-OH is 1. The van der Waals surface area contributed by atoms with Gasteiger partial charge in [0.05, 0.1) is 12.7 Å². The molecule has 1 aliphatic heterocycles. The van der Waals surface area contributed by atoms with Gasteiger partial charge in [0.2, 0.25) is 0 Å². The molecule has 2 heterocycles. The van der Waals surface area contributed by atoms with Crippen LogP contribution in [0.2, 0.25) is 0 Å². The number of ether oxygens (including phenoxy) is 1. The minimum absolute atomic E-state index is 0.0717. The number of rotatable bonds is 6. The molecule has 6 heteroatoms. The molecule has 2 atom stereocenters. The molecular weight excluding hydrogens is 292 g/mol. The first kappa shape index (κ1) is 16.1. The fourth-order valence-corrected chi connectivity index (χ4v) is 2.98. The van der Waals surface area contributed by atoms with Crippen molar-refractivity contribution in [3.63, 3.8) is 0 Å². The Labute approximate surface area is 136 Å². The van der Waals surface area contributed by atoms with Crippen molar-refractivity contribution in [3.8, 4) is 0 Å². The predicted molar refractivity (Wildman–Crippen MR) is 86.9 cm³/mol. The first-order chi connectivity index (χ1) is 11.2. The lowest BCUT2D eigenvalue weighted by Gasteiger charge is -2.33. The molecule has 6 nitrogen and oxygen atoms in total. The fraction of sp³-hybridized carbons (Fsp3) is 0.529. The third-order valence-electron chi connectivity index (χ3n) is 4.26. The Bertz CT molecular complexity index is 602. The zero-order chi connectivity index (χ0) is 16.1. The number of aryl methyl sites for hydroxylation is 2. The molecule has 23 heavy (non-hydrogen) atoms. The quantitative estimate of drug-likeness (QED) is 0.867. The van der Waals surface area contributed by atoms with Crippen LogP contribution in [0.5, 0.6) is 0 Å². The van der Waals surface area contributed by atoms with Crippen molar-refractivity contribution in [2.75, 3.05) is 26.2 Å². The topological polar surface area (TPSA) is 63.4 Å². The zero-order valence-electron chi connectivity index (χ0n) is 13.5. The third-order valence-corrected chi connectivity index (χ3v) is 4.26. The third kappa shape index (κ3) is 4.37. The van der Waals surface area contributed by atoms with Gasteiger partial charge in [-0.05, 0) is 18.4 Å². The molecule has 0 amide bonds. The van der Waals surface area contributed by atoms with Crippen LogP contribution in [0.3, 0.4) is 0 Å². The number of aromatic nitrogens is 3. The highest BCUT2D eigenvalue weighted by Gasteiger charge is 2.26. The summed E-state index contributed by atoms with van der Waals surface area (Å²) < 4.78 is 7.69. The lowest BCUT2D eigenvalue weighted by Crippen LogP contribution is -2.43. The second kappa shape index (κ2) is 7.68. The summed E-state index contributed by atoms with van der Waals surface area (Å²) in [6.07, 6.45) is 2.97. The summed E-state index contributed by atoms with van der Waals surface area (Å²) in [4.78, 5) is 2.25. The molecule has 124 valence electrons. The van der Waals surface area contributed by atoms with Gasteiger partial charge < -0.3 is 14.4 Å². The van der Waals surface area contributed by atoms with Crippen molar-refractivity contribution >= 4 is 0 Å². The van der Waals surface area contributed by atoms with Crippen LogP contribution in [0, 0.1) is 0 Å². The molecule has 0 saturated carbocycles. The van der Waals surface area contributed by atoms with Crippen LogP contribution < -0.4 is 0 Å². The van der Waals surface area contributed by atoms with E-state index in [9.17, 15) is 5.11 Å². The standard InChI is InChI=1S/C17H24N4O2/c1-20-13-18-19-17(20)16-12-21(9-10-23-16)11-15(22)8-7-14-5-3-2-4-6-14/h2-6,13,15-16,22H,7-12H2,1H3. The number of aliphatic hydroxyl groups is 1. The van der Waals surface area contributed by atoms with E-state index in [1.165, 1.54) is 5.56 Å². The fourth-order valence-electron chi connectivity index (χ4n) is 2.98. The van der Waals surface area contributed by atoms with Crippen LogP contribution in [0.4, 0.5) is 0 Å². The minimum Gasteiger partial charge on any atom is -0.392 e. The van der Waals surface area contributed by atoms with Crippen LogP contribution in [-0.2, 0) is 18.2 Å². The van der Waals surface area contributed by atoms with E-state index in [0.29, 0.717) is 13.2 Å². The monoisotopic (exact) mass is 316 g/mol. The van der Waals surface area contributed by atoms with Crippen LogP contribution in [0.25, 0.3) is 0 Å². The van der Waals surface area contributed by atoms with Gasteiger partial charge in [0, 0.05) is 26.7 Å². The average Bonchev–Trinajstić information content (AvgIpc) is 3.00. The van der Waals surface area contributed by atoms with Gasteiger partial charge in [0.15, 0.2) is 5.82 Å². The molecule has 1 N–H and O–H groups in total. The zero-order valence-corrected chi connectivity index (χ0v) is 13.5. The summed E-state index contributed by atoms with van der Waals surface area (Å²) in [6.45, 7) is 2.92. The van der Waals surface area contributed by atoms with E-state index < -0.39 is 0 Å². The number of hydrogen-bond acceptors (Lipinski definition) is 5. The van der Waals surface area contributed by atoms with Gasteiger partial charge >= 0.3 is 0 Å². The number of nitrogens with zero attached hydrogens (tertiary/aromatic N) is 4. The van der Waals surface area contributed by atoms with E-state index in [-0.39, 0.29) is 12.2 Å². The van der Waals surface area contributed by atoms with Gasteiger partial charge in [-0.25, -0.2) is 0 Å². The molecule has 0 radical (unpaired) electrons. The summed E-state index contributed by atoms with van der Waals surface area (Å²) in [5, 5.41) is 18.4. The molecule has 1 saturated heterocycles. The molecule has 2 unspecified atom stereocenters. The van der Waals surface area contributed by atoms with Crippen molar-refractivity contribution < 1.29 is 9.84 Å². The van der Waals surface area contributed by atoms with E-state index in [0.717, 1.165) is 31.8 Å². The summed E-state index contributed by atoms with van der Waals surface area (Å²) in [5.74, 6) is 0.841. The maximum absolute atomic E-state index is 10.3. The molecule has 2 aromatic rings. The molecule has 1 aliphatic rings. The van der Waals surface area contributed by atoms with Gasteiger partial charge in [-0.3, -0.25) is 4.90 Å². The lowest BCUT2D eigenvalue weighted by molar-refractivity contribution is -0.0476. The van der Waals surface area contributed by atoms with Gasteiger partial charge in [-0.1, -0.05) is 30.3 Å². The molecule has 0 aliphatic carbocycles. The van der Waals surface area contributed by atoms with E-state index in [1.54, 1.807) is 6.33 Å². The summed E-state index contributed by atoms with van der Waals surface area (Å²) >= 11 is 0. The second-order valence-electron chi connectivity index (χ2n) is 6.10. The van der Waals surface area contributed by atoms with Crippen LogP contribution in [0.1, 0.15) is 23.9 Å². The normalized spacial score (nSPS) is 20.5. The van der Waals surface area contributed by atoms with Gasteiger partial charge in [0.1, 0.15) is 12.4 Å². The number of hydrogen-bond donors (Lipinski definition) is 1. The second-order valence-corrected chi connectivity index (χ2v) is 6.10. The van der Waals surface area contributed by atoms with Gasteiger partial charge in [-0.2, -0.15) is 0 Å². The van der Waals surface area contributed by atoms with E-state index in [1.807, 2.05) is 29.8 Å². The summed E-state index contributed by atoms with van der Waals surface area (Å²) in [6, 6.07) is 10.3. The first-order valence-electron chi connectivity index (χ1n) is 8.12. The molecule has 1 aromatic carbocycles.